The molecule has 1 amide bonds. The third-order valence-corrected chi connectivity index (χ3v) is 2.97. The Hall–Kier alpha value is -1.49. The predicted molar refractivity (Wildman–Crippen MR) is 70.3 cm³/mol. The molecule has 0 bridgehead atoms. The van der Waals surface area contributed by atoms with E-state index < -0.39 is 17.7 Å². The molecule has 0 radical (unpaired) electrons. The second-order valence-corrected chi connectivity index (χ2v) is 4.69. The summed E-state index contributed by atoms with van der Waals surface area (Å²) >= 11 is 0. The number of unbranched alkanes of at least 4 members (excludes halogenated alkanes) is 1. The number of carbonyl (C=O) groups is 1. The van der Waals surface area contributed by atoms with Gasteiger partial charge in [-0.1, -0.05) is 25.8 Å². The van der Waals surface area contributed by atoms with E-state index in [0.29, 0.717) is 12.0 Å². The molecule has 1 aromatic carbocycles. The van der Waals surface area contributed by atoms with Crippen LogP contribution in [0.25, 0.3) is 0 Å². The van der Waals surface area contributed by atoms with Crippen molar-refractivity contribution in [1.82, 2.24) is 4.90 Å². The van der Waals surface area contributed by atoms with Crippen molar-refractivity contribution in [3.05, 3.63) is 35.4 Å². The van der Waals surface area contributed by atoms with Crippen LogP contribution in [0.2, 0.25) is 0 Å². The average molecular weight is 270 g/mol. The van der Waals surface area contributed by atoms with Gasteiger partial charge in [-0.25, -0.2) is 8.78 Å². The van der Waals surface area contributed by atoms with Gasteiger partial charge in [0.15, 0.2) is 11.6 Å². The van der Waals surface area contributed by atoms with Crippen LogP contribution in [0.4, 0.5) is 8.78 Å². The Balaban J connectivity index is 2.60. The summed E-state index contributed by atoms with van der Waals surface area (Å²) < 4.78 is 25.8. The molecule has 0 aliphatic rings. The number of nitrogens with zero attached hydrogens (tertiary/aromatic N) is 1. The molecule has 19 heavy (non-hydrogen) atoms. The molecule has 106 valence electrons. The Morgan fingerprint density at radius 1 is 1.37 bits per heavy atom. The van der Waals surface area contributed by atoms with Crippen LogP contribution in [0.15, 0.2) is 18.2 Å². The normalized spacial score (nSPS) is 12.3. The number of rotatable bonds is 6. The minimum atomic E-state index is -0.909. The van der Waals surface area contributed by atoms with E-state index in [1.165, 1.54) is 11.0 Å². The van der Waals surface area contributed by atoms with E-state index in [-0.39, 0.29) is 12.5 Å². The van der Waals surface area contributed by atoms with Crippen molar-refractivity contribution in [2.24, 2.45) is 5.73 Å². The van der Waals surface area contributed by atoms with E-state index in [1.54, 1.807) is 7.05 Å². The molecule has 0 fully saturated rings. The zero-order valence-corrected chi connectivity index (χ0v) is 11.3. The number of benzene rings is 1. The number of hydrogen-bond acceptors (Lipinski definition) is 2. The fourth-order valence-corrected chi connectivity index (χ4v) is 1.82. The highest BCUT2D eigenvalue weighted by Crippen LogP contribution is 2.11. The smallest absolute Gasteiger partial charge is 0.239 e. The van der Waals surface area contributed by atoms with Crippen LogP contribution in [0.3, 0.4) is 0 Å². The molecule has 1 rings (SSSR count). The van der Waals surface area contributed by atoms with Gasteiger partial charge in [0.1, 0.15) is 0 Å². The Morgan fingerprint density at radius 3 is 2.63 bits per heavy atom. The summed E-state index contributed by atoms with van der Waals surface area (Å²) in [5.41, 5.74) is 6.33. The van der Waals surface area contributed by atoms with Crippen molar-refractivity contribution in [3.8, 4) is 0 Å². The highest BCUT2D eigenvalue weighted by Gasteiger charge is 2.17. The maximum absolute atomic E-state index is 13.1. The van der Waals surface area contributed by atoms with Gasteiger partial charge in [0.05, 0.1) is 6.04 Å². The Morgan fingerprint density at radius 2 is 2.05 bits per heavy atom. The molecular weight excluding hydrogens is 250 g/mol. The summed E-state index contributed by atoms with van der Waals surface area (Å²) in [5, 5.41) is 0. The highest BCUT2D eigenvalue weighted by molar-refractivity contribution is 5.81. The van der Waals surface area contributed by atoms with Crippen molar-refractivity contribution in [1.29, 1.82) is 0 Å². The quantitative estimate of drug-likeness (QED) is 0.863. The van der Waals surface area contributed by atoms with Gasteiger partial charge in [-0.15, -0.1) is 0 Å². The first-order chi connectivity index (χ1) is 8.95. The maximum atomic E-state index is 13.1. The molecule has 0 saturated heterocycles. The molecule has 1 atom stereocenters. The number of hydrogen-bond donors (Lipinski definition) is 1. The number of amides is 1. The molecule has 1 aromatic rings. The molecule has 2 N–H and O–H groups in total. The Bertz CT molecular complexity index is 437. The first-order valence-electron chi connectivity index (χ1n) is 6.40. The summed E-state index contributed by atoms with van der Waals surface area (Å²) in [6.45, 7) is 2.25. The summed E-state index contributed by atoms with van der Waals surface area (Å²) in [5.74, 6) is -1.98. The van der Waals surface area contributed by atoms with Crippen molar-refractivity contribution >= 4 is 5.91 Å². The molecule has 0 aliphatic carbocycles. The summed E-state index contributed by atoms with van der Waals surface area (Å²) in [7, 11) is 1.61. The van der Waals surface area contributed by atoms with Crippen LogP contribution in [0.1, 0.15) is 31.7 Å². The first-order valence-corrected chi connectivity index (χ1v) is 6.40. The van der Waals surface area contributed by atoms with Crippen LogP contribution in [0.5, 0.6) is 0 Å². The zero-order chi connectivity index (χ0) is 14.4. The van der Waals surface area contributed by atoms with Crippen molar-refractivity contribution in [2.75, 3.05) is 7.05 Å². The summed E-state index contributed by atoms with van der Waals surface area (Å²) in [6, 6.07) is 3.08. The van der Waals surface area contributed by atoms with Gasteiger partial charge in [0.2, 0.25) is 5.91 Å². The van der Waals surface area contributed by atoms with Gasteiger partial charge in [-0.3, -0.25) is 4.79 Å². The van der Waals surface area contributed by atoms with Gasteiger partial charge >= 0.3 is 0 Å². The molecule has 1 unspecified atom stereocenters. The Labute approximate surface area is 112 Å². The second kappa shape index (κ2) is 7.19. The third-order valence-electron chi connectivity index (χ3n) is 2.97. The minimum Gasteiger partial charge on any atom is -0.340 e. The molecule has 0 aromatic heterocycles. The largest absolute Gasteiger partial charge is 0.340 e. The van der Waals surface area contributed by atoms with Crippen molar-refractivity contribution in [3.63, 3.8) is 0 Å². The van der Waals surface area contributed by atoms with Crippen molar-refractivity contribution < 1.29 is 13.6 Å². The van der Waals surface area contributed by atoms with E-state index in [1.807, 2.05) is 6.92 Å². The number of likely N-dealkylation sites (N-methyl/N-ethyl adjacent to an activating group) is 1. The zero-order valence-electron chi connectivity index (χ0n) is 11.3. The number of carbonyl (C=O) groups excluding carboxylic acids is 1. The predicted octanol–water partition coefficient (Wildman–Crippen LogP) is 2.44. The van der Waals surface area contributed by atoms with Gasteiger partial charge < -0.3 is 10.6 Å². The van der Waals surface area contributed by atoms with Gasteiger partial charge in [0.25, 0.3) is 0 Å². The number of halogens is 2. The van der Waals surface area contributed by atoms with E-state index >= 15 is 0 Å². The van der Waals surface area contributed by atoms with E-state index in [2.05, 4.69) is 0 Å². The lowest BCUT2D eigenvalue weighted by molar-refractivity contribution is -0.132. The van der Waals surface area contributed by atoms with Crippen molar-refractivity contribution in [2.45, 2.75) is 38.8 Å². The SMILES string of the molecule is CCCCC(N)C(=O)N(C)Cc1ccc(F)c(F)c1. The molecular formula is C14H20F2N2O. The minimum absolute atomic E-state index is 0.182. The van der Waals surface area contributed by atoms with E-state index in [9.17, 15) is 13.6 Å². The van der Waals surface area contributed by atoms with Crippen LogP contribution in [-0.4, -0.2) is 23.9 Å². The fourth-order valence-electron chi connectivity index (χ4n) is 1.82. The highest BCUT2D eigenvalue weighted by atomic mass is 19.2. The molecule has 5 heteroatoms. The third kappa shape index (κ3) is 4.59. The van der Waals surface area contributed by atoms with Gasteiger partial charge in [-0.2, -0.15) is 0 Å². The monoisotopic (exact) mass is 270 g/mol. The molecule has 0 heterocycles. The average Bonchev–Trinajstić information content (AvgIpc) is 2.39. The lowest BCUT2D eigenvalue weighted by Crippen LogP contribution is -2.41. The van der Waals surface area contributed by atoms with E-state index in [4.69, 9.17) is 5.73 Å². The van der Waals surface area contributed by atoms with Crippen LogP contribution < -0.4 is 5.73 Å². The van der Waals surface area contributed by atoms with Crippen LogP contribution in [0, 0.1) is 11.6 Å². The van der Waals surface area contributed by atoms with Crippen LogP contribution in [-0.2, 0) is 11.3 Å². The number of nitrogens with two attached hydrogens (primary N) is 1. The summed E-state index contributed by atoms with van der Waals surface area (Å²) in [4.78, 5) is 13.4. The molecule has 0 aliphatic heterocycles. The molecule has 0 spiro atoms. The topological polar surface area (TPSA) is 46.3 Å². The van der Waals surface area contributed by atoms with Crippen LogP contribution >= 0.6 is 0 Å². The second-order valence-electron chi connectivity index (χ2n) is 4.69. The maximum Gasteiger partial charge on any atom is 0.239 e. The van der Waals surface area contributed by atoms with Gasteiger partial charge in [0, 0.05) is 13.6 Å². The lowest BCUT2D eigenvalue weighted by atomic mass is 10.1. The standard InChI is InChI=1S/C14H20F2N2O/c1-3-4-5-13(17)14(19)18(2)9-10-6-7-11(15)12(16)8-10/h6-8,13H,3-5,9,17H2,1-2H3. The lowest BCUT2D eigenvalue weighted by Gasteiger charge is -2.21. The summed E-state index contributed by atoms with van der Waals surface area (Å²) in [6.07, 6.45) is 2.51. The first kappa shape index (κ1) is 15.6. The van der Waals surface area contributed by atoms with Gasteiger partial charge in [-0.05, 0) is 24.1 Å². The molecule has 3 nitrogen and oxygen atoms in total. The molecule has 0 saturated carbocycles. The fraction of sp³-hybridized carbons (Fsp3) is 0.500. The van der Waals surface area contributed by atoms with E-state index in [0.717, 1.165) is 25.0 Å². The Kier molecular flexibility index (Phi) is 5.89.